The fourth-order valence-corrected chi connectivity index (χ4v) is 4.05. The monoisotopic (exact) mass is 512 g/mol. The van der Waals surface area contributed by atoms with E-state index in [0.29, 0.717) is 12.8 Å². The van der Waals surface area contributed by atoms with Gasteiger partial charge in [-0.05, 0) is 12.8 Å². The van der Waals surface area contributed by atoms with Crippen molar-refractivity contribution in [1.82, 2.24) is 0 Å². The van der Waals surface area contributed by atoms with Crippen LogP contribution in [0.1, 0.15) is 44.9 Å². The molecule has 0 unspecified atom stereocenters. The van der Waals surface area contributed by atoms with E-state index in [-0.39, 0.29) is 12.6 Å². The molecule has 2 aliphatic rings. The van der Waals surface area contributed by atoms with Crippen molar-refractivity contribution in [3.8, 4) is 0 Å². The minimum atomic E-state index is -1.72. The van der Waals surface area contributed by atoms with Gasteiger partial charge < -0.3 is 59.4 Å². The van der Waals surface area contributed by atoms with Crippen LogP contribution < -0.4 is 0 Å². The first kappa shape index (κ1) is 30.3. The average molecular weight is 513 g/mol. The second kappa shape index (κ2) is 15.3. The third kappa shape index (κ3) is 8.54. The Morgan fingerprint density at radius 3 is 1.86 bits per heavy atom. The fraction of sp³-hybridized carbons (Fsp3) is 0.955. The molecule has 13 heteroatoms. The Morgan fingerprint density at radius 1 is 0.714 bits per heavy atom. The Labute approximate surface area is 204 Å². The third-order valence-corrected chi connectivity index (χ3v) is 6.25. The van der Waals surface area contributed by atoms with Gasteiger partial charge in [0.1, 0.15) is 48.8 Å². The summed E-state index contributed by atoms with van der Waals surface area (Å²) in [5, 5.41) is 69.8. The number of aliphatic hydroxyl groups is 7. The summed E-state index contributed by atoms with van der Waals surface area (Å²) < 4.78 is 26.8. The van der Waals surface area contributed by atoms with Crippen molar-refractivity contribution >= 4 is 5.97 Å². The highest BCUT2D eigenvalue weighted by Crippen LogP contribution is 2.29. The molecule has 2 rings (SSSR count). The van der Waals surface area contributed by atoms with Gasteiger partial charge >= 0.3 is 5.97 Å². The standard InChI is InChI=1S/C22H40O13/c1-31-14(25)8-6-4-2-3-5-7-9-32-22-20(18(29)16(27)13(11-24)34-22)35-21-19(30)17(28)15(26)12(10-23)33-21/h12-13,15-24,26-30H,2-11H2,1H3/t12-,13-,15-,16-,17+,18+,19-,20-,21-,22+/m1/s1. The zero-order valence-corrected chi connectivity index (χ0v) is 19.9. The SMILES string of the molecule is COC(=O)CCCCCCCCO[C@H]1O[C@H](CO)[C@@H](O)[C@H](O)[C@H]1O[C@H]1O[C@H](CO)[C@@H](O)[C@H](O)[C@H]1O. The quantitative estimate of drug-likeness (QED) is 0.0953. The Kier molecular flexibility index (Phi) is 13.2. The highest BCUT2D eigenvalue weighted by atomic mass is 16.8. The first-order chi connectivity index (χ1) is 16.7. The zero-order chi connectivity index (χ0) is 26.0. The van der Waals surface area contributed by atoms with E-state index in [4.69, 9.17) is 18.9 Å². The molecular weight excluding hydrogens is 472 g/mol. The van der Waals surface area contributed by atoms with Crippen molar-refractivity contribution in [1.29, 1.82) is 0 Å². The van der Waals surface area contributed by atoms with Crippen LogP contribution >= 0.6 is 0 Å². The molecule has 2 saturated heterocycles. The molecule has 0 aromatic carbocycles. The Morgan fingerprint density at radius 2 is 1.26 bits per heavy atom. The lowest BCUT2D eigenvalue weighted by Crippen LogP contribution is -2.64. The minimum absolute atomic E-state index is 0.211. The largest absolute Gasteiger partial charge is 0.469 e. The first-order valence-electron chi connectivity index (χ1n) is 12.0. The molecule has 0 spiro atoms. The number of carbonyl (C=O) groups excluding carboxylic acids is 1. The summed E-state index contributed by atoms with van der Waals surface area (Å²) in [5.74, 6) is -0.222. The van der Waals surface area contributed by atoms with Gasteiger partial charge in [-0.25, -0.2) is 0 Å². The first-order valence-corrected chi connectivity index (χ1v) is 12.0. The number of unbranched alkanes of at least 4 members (excludes halogenated alkanes) is 5. The van der Waals surface area contributed by atoms with Crippen LogP contribution in [0.2, 0.25) is 0 Å². The number of ether oxygens (including phenoxy) is 5. The molecular formula is C22H40O13. The fourth-order valence-electron chi connectivity index (χ4n) is 4.05. The number of methoxy groups -OCH3 is 1. The lowest BCUT2D eigenvalue weighted by Gasteiger charge is -2.45. The molecule has 206 valence electrons. The van der Waals surface area contributed by atoms with Crippen LogP contribution in [-0.4, -0.2) is 130 Å². The van der Waals surface area contributed by atoms with E-state index in [1.165, 1.54) is 7.11 Å². The number of hydrogen-bond donors (Lipinski definition) is 7. The van der Waals surface area contributed by atoms with Crippen LogP contribution in [-0.2, 0) is 28.5 Å². The molecule has 0 amide bonds. The number of rotatable bonds is 14. The number of carbonyl (C=O) groups is 1. The molecule has 0 saturated carbocycles. The molecule has 7 N–H and O–H groups in total. The third-order valence-electron chi connectivity index (χ3n) is 6.25. The number of esters is 1. The molecule has 2 aliphatic heterocycles. The highest BCUT2D eigenvalue weighted by molar-refractivity contribution is 5.68. The molecule has 0 aromatic heterocycles. The van der Waals surface area contributed by atoms with Crippen molar-refractivity contribution in [2.24, 2.45) is 0 Å². The van der Waals surface area contributed by atoms with Gasteiger partial charge in [-0.15, -0.1) is 0 Å². The van der Waals surface area contributed by atoms with Crippen molar-refractivity contribution in [2.75, 3.05) is 26.9 Å². The smallest absolute Gasteiger partial charge is 0.305 e. The van der Waals surface area contributed by atoms with E-state index < -0.39 is 74.6 Å². The molecule has 13 nitrogen and oxygen atoms in total. The lowest BCUT2D eigenvalue weighted by molar-refractivity contribution is -0.367. The van der Waals surface area contributed by atoms with Crippen LogP contribution in [0.25, 0.3) is 0 Å². The molecule has 0 radical (unpaired) electrons. The normalized spacial score (nSPS) is 37.8. The second-order valence-corrected chi connectivity index (χ2v) is 8.82. The van der Waals surface area contributed by atoms with Crippen molar-refractivity contribution in [3.63, 3.8) is 0 Å². The summed E-state index contributed by atoms with van der Waals surface area (Å²) in [4.78, 5) is 11.1. The zero-order valence-electron chi connectivity index (χ0n) is 19.9. The lowest BCUT2D eigenvalue weighted by atomic mass is 9.97. The number of hydrogen-bond acceptors (Lipinski definition) is 13. The Hall–Kier alpha value is -0.970. The van der Waals surface area contributed by atoms with Crippen LogP contribution in [0.15, 0.2) is 0 Å². The van der Waals surface area contributed by atoms with E-state index in [2.05, 4.69) is 4.74 Å². The van der Waals surface area contributed by atoms with E-state index >= 15 is 0 Å². The predicted molar refractivity (Wildman–Crippen MR) is 117 cm³/mol. The summed E-state index contributed by atoms with van der Waals surface area (Å²) in [5.41, 5.74) is 0. The van der Waals surface area contributed by atoms with Crippen molar-refractivity contribution in [2.45, 2.75) is 106 Å². The van der Waals surface area contributed by atoms with Crippen LogP contribution in [0, 0.1) is 0 Å². The summed E-state index contributed by atoms with van der Waals surface area (Å²) in [6.45, 7) is -1.04. The van der Waals surface area contributed by atoms with Gasteiger partial charge in [0.15, 0.2) is 12.6 Å². The van der Waals surface area contributed by atoms with Gasteiger partial charge in [-0.2, -0.15) is 0 Å². The topological polar surface area (TPSA) is 205 Å². The van der Waals surface area contributed by atoms with Gasteiger partial charge in [0.05, 0.1) is 20.3 Å². The second-order valence-electron chi connectivity index (χ2n) is 8.82. The molecule has 2 heterocycles. The summed E-state index contributed by atoms with van der Waals surface area (Å²) in [7, 11) is 1.36. The molecule has 0 aliphatic carbocycles. The maximum Gasteiger partial charge on any atom is 0.305 e. The summed E-state index contributed by atoms with van der Waals surface area (Å²) in [6.07, 6.45) is -9.24. The van der Waals surface area contributed by atoms with Crippen LogP contribution in [0.4, 0.5) is 0 Å². The molecule has 0 aromatic rings. The van der Waals surface area contributed by atoms with Gasteiger partial charge in [0.2, 0.25) is 0 Å². The molecule has 35 heavy (non-hydrogen) atoms. The van der Waals surface area contributed by atoms with E-state index in [0.717, 1.165) is 32.1 Å². The predicted octanol–water partition coefficient (Wildman–Crippen LogP) is -2.47. The van der Waals surface area contributed by atoms with Gasteiger partial charge in [-0.3, -0.25) is 4.79 Å². The van der Waals surface area contributed by atoms with Crippen molar-refractivity contribution < 1.29 is 64.2 Å². The van der Waals surface area contributed by atoms with Crippen LogP contribution in [0.5, 0.6) is 0 Å². The maximum atomic E-state index is 11.1. The maximum absolute atomic E-state index is 11.1. The van der Waals surface area contributed by atoms with E-state index in [9.17, 15) is 40.5 Å². The van der Waals surface area contributed by atoms with Crippen LogP contribution in [0.3, 0.4) is 0 Å². The van der Waals surface area contributed by atoms with E-state index in [1.54, 1.807) is 0 Å². The van der Waals surface area contributed by atoms with Gasteiger partial charge in [-0.1, -0.05) is 25.7 Å². The summed E-state index contributed by atoms with van der Waals surface area (Å²) >= 11 is 0. The Bertz CT molecular complexity index is 606. The molecule has 10 atom stereocenters. The molecule has 0 bridgehead atoms. The van der Waals surface area contributed by atoms with E-state index in [1.807, 2.05) is 0 Å². The molecule has 2 fully saturated rings. The van der Waals surface area contributed by atoms with Gasteiger partial charge in [0, 0.05) is 13.0 Å². The highest BCUT2D eigenvalue weighted by Gasteiger charge is 2.50. The average Bonchev–Trinajstić information content (AvgIpc) is 2.86. The summed E-state index contributed by atoms with van der Waals surface area (Å²) in [6, 6.07) is 0. The minimum Gasteiger partial charge on any atom is -0.469 e. The Balaban J connectivity index is 1.86. The van der Waals surface area contributed by atoms with Gasteiger partial charge in [0.25, 0.3) is 0 Å². The number of aliphatic hydroxyl groups excluding tert-OH is 7. The van der Waals surface area contributed by atoms with Crippen molar-refractivity contribution in [3.05, 3.63) is 0 Å².